The molecule has 2 rings (SSSR count). The fourth-order valence-electron chi connectivity index (χ4n) is 2.78. The highest BCUT2D eigenvalue weighted by Gasteiger charge is 2.17. The first kappa shape index (κ1) is 20.8. The molecule has 0 aliphatic rings. The number of methoxy groups -OCH3 is 1. The lowest BCUT2D eigenvalue weighted by Gasteiger charge is -2.22. The number of carbonyl (C=O) groups is 1. The molecular formula is C20H26N2O4S. The van der Waals surface area contributed by atoms with E-state index in [1.54, 1.807) is 31.4 Å². The van der Waals surface area contributed by atoms with Crippen LogP contribution >= 0.6 is 0 Å². The molecule has 0 saturated carbocycles. The molecule has 0 aliphatic heterocycles. The third-order valence-electron chi connectivity index (χ3n) is 4.18. The van der Waals surface area contributed by atoms with Crippen molar-refractivity contribution in [2.24, 2.45) is 0 Å². The highest BCUT2D eigenvalue weighted by molar-refractivity contribution is 7.92. The Labute approximate surface area is 161 Å². The molecule has 0 bridgehead atoms. The zero-order chi connectivity index (χ0) is 20.0. The molecule has 0 saturated heterocycles. The maximum absolute atomic E-state index is 12.2. The molecule has 6 nitrogen and oxygen atoms in total. The molecule has 1 amide bonds. The standard InChI is InChI=1S/C20H26N2O4S/c1-15-7-12-19(16(2)14-15)21-20(23)6-5-13-22(27(4,24)25)17-8-10-18(26-3)11-9-17/h7-12,14H,5-6,13H2,1-4H3,(H,21,23). The van der Waals surface area contributed by atoms with Gasteiger partial charge in [0.15, 0.2) is 0 Å². The minimum Gasteiger partial charge on any atom is -0.497 e. The van der Waals surface area contributed by atoms with Crippen molar-refractivity contribution in [3.8, 4) is 5.75 Å². The van der Waals surface area contributed by atoms with Gasteiger partial charge in [-0.25, -0.2) is 8.42 Å². The number of aryl methyl sites for hydroxylation is 2. The number of hydrogen-bond acceptors (Lipinski definition) is 4. The predicted molar refractivity (Wildman–Crippen MR) is 109 cm³/mol. The SMILES string of the molecule is COc1ccc(N(CCCC(=O)Nc2ccc(C)cc2C)S(C)(=O)=O)cc1. The lowest BCUT2D eigenvalue weighted by molar-refractivity contribution is -0.116. The second-order valence-corrected chi connectivity index (χ2v) is 8.41. The molecule has 0 atom stereocenters. The van der Waals surface area contributed by atoms with Crippen molar-refractivity contribution in [3.63, 3.8) is 0 Å². The summed E-state index contributed by atoms with van der Waals surface area (Å²) in [6.45, 7) is 4.17. The fraction of sp³-hybridized carbons (Fsp3) is 0.350. The second kappa shape index (κ2) is 8.90. The quantitative estimate of drug-likeness (QED) is 0.749. The van der Waals surface area contributed by atoms with Crippen LogP contribution in [0.3, 0.4) is 0 Å². The number of benzene rings is 2. The Hall–Kier alpha value is -2.54. The van der Waals surface area contributed by atoms with Gasteiger partial charge in [0.05, 0.1) is 19.1 Å². The average Bonchev–Trinajstić information content (AvgIpc) is 2.60. The normalized spacial score (nSPS) is 11.1. The molecule has 2 aromatic carbocycles. The number of anilines is 2. The van der Waals surface area contributed by atoms with E-state index in [0.717, 1.165) is 23.1 Å². The van der Waals surface area contributed by atoms with Gasteiger partial charge in [0.1, 0.15) is 5.75 Å². The number of ether oxygens (including phenoxy) is 1. The number of nitrogens with one attached hydrogen (secondary N) is 1. The van der Waals surface area contributed by atoms with Crippen LogP contribution in [0.4, 0.5) is 11.4 Å². The van der Waals surface area contributed by atoms with Gasteiger partial charge in [-0.1, -0.05) is 17.7 Å². The van der Waals surface area contributed by atoms with Crippen LogP contribution in [0.5, 0.6) is 5.75 Å². The molecule has 146 valence electrons. The van der Waals surface area contributed by atoms with E-state index in [1.165, 1.54) is 4.31 Å². The Balaban J connectivity index is 1.97. The van der Waals surface area contributed by atoms with E-state index in [1.807, 2.05) is 32.0 Å². The van der Waals surface area contributed by atoms with Crippen molar-refractivity contribution in [1.29, 1.82) is 0 Å². The first-order valence-corrected chi connectivity index (χ1v) is 10.5. The van der Waals surface area contributed by atoms with E-state index < -0.39 is 10.0 Å². The van der Waals surface area contributed by atoms with Gasteiger partial charge in [-0.05, 0) is 56.2 Å². The molecule has 0 unspecified atom stereocenters. The smallest absolute Gasteiger partial charge is 0.232 e. The molecule has 0 aromatic heterocycles. The van der Waals surface area contributed by atoms with Gasteiger partial charge in [-0.3, -0.25) is 9.10 Å². The molecule has 0 spiro atoms. The van der Waals surface area contributed by atoms with Crippen LogP contribution < -0.4 is 14.4 Å². The van der Waals surface area contributed by atoms with Crippen molar-refractivity contribution < 1.29 is 17.9 Å². The number of hydrogen-bond donors (Lipinski definition) is 1. The molecule has 0 fully saturated rings. The number of rotatable bonds is 8. The number of carbonyl (C=O) groups excluding carboxylic acids is 1. The Morgan fingerprint density at radius 1 is 1.11 bits per heavy atom. The van der Waals surface area contributed by atoms with Crippen molar-refractivity contribution >= 4 is 27.3 Å². The van der Waals surface area contributed by atoms with Crippen LogP contribution in [0.1, 0.15) is 24.0 Å². The van der Waals surface area contributed by atoms with Crippen LogP contribution in [0.15, 0.2) is 42.5 Å². The van der Waals surface area contributed by atoms with E-state index >= 15 is 0 Å². The maximum atomic E-state index is 12.2. The molecule has 27 heavy (non-hydrogen) atoms. The Morgan fingerprint density at radius 2 is 1.78 bits per heavy atom. The molecule has 0 aliphatic carbocycles. The van der Waals surface area contributed by atoms with E-state index in [4.69, 9.17) is 4.74 Å². The summed E-state index contributed by atoms with van der Waals surface area (Å²) in [6.07, 6.45) is 1.80. The lowest BCUT2D eigenvalue weighted by atomic mass is 10.1. The van der Waals surface area contributed by atoms with E-state index in [0.29, 0.717) is 17.9 Å². The van der Waals surface area contributed by atoms with Crippen LogP contribution in [0.25, 0.3) is 0 Å². The van der Waals surface area contributed by atoms with Crippen molar-refractivity contribution in [1.82, 2.24) is 0 Å². The fourth-order valence-corrected chi connectivity index (χ4v) is 3.75. The third kappa shape index (κ3) is 5.99. The highest BCUT2D eigenvalue weighted by Crippen LogP contribution is 2.22. The number of sulfonamides is 1. The zero-order valence-electron chi connectivity index (χ0n) is 16.2. The number of nitrogens with zero attached hydrogens (tertiary/aromatic N) is 1. The van der Waals surface area contributed by atoms with E-state index in [-0.39, 0.29) is 18.9 Å². The van der Waals surface area contributed by atoms with Crippen LogP contribution in [-0.2, 0) is 14.8 Å². The third-order valence-corrected chi connectivity index (χ3v) is 5.38. The zero-order valence-corrected chi connectivity index (χ0v) is 17.0. The summed E-state index contributed by atoms with van der Waals surface area (Å²) in [5.74, 6) is 0.519. The van der Waals surface area contributed by atoms with Crippen LogP contribution in [-0.4, -0.2) is 34.2 Å². The lowest BCUT2D eigenvalue weighted by Crippen LogP contribution is -2.31. The van der Waals surface area contributed by atoms with Crippen LogP contribution in [0.2, 0.25) is 0 Å². The first-order chi connectivity index (χ1) is 12.7. The topological polar surface area (TPSA) is 75.7 Å². The predicted octanol–water partition coefficient (Wildman–Crippen LogP) is 3.50. The summed E-state index contributed by atoms with van der Waals surface area (Å²) >= 11 is 0. The summed E-state index contributed by atoms with van der Waals surface area (Å²) in [4.78, 5) is 12.2. The van der Waals surface area contributed by atoms with E-state index in [9.17, 15) is 13.2 Å². The Kier molecular flexibility index (Phi) is 6.85. The Bertz CT molecular complexity index is 893. The summed E-state index contributed by atoms with van der Waals surface area (Å²) in [6, 6.07) is 12.6. The molecule has 0 heterocycles. The van der Waals surface area contributed by atoms with Gasteiger partial charge in [0.25, 0.3) is 0 Å². The van der Waals surface area contributed by atoms with E-state index in [2.05, 4.69) is 5.32 Å². The highest BCUT2D eigenvalue weighted by atomic mass is 32.2. The maximum Gasteiger partial charge on any atom is 0.232 e. The minimum absolute atomic E-state index is 0.134. The molecule has 2 aromatic rings. The first-order valence-electron chi connectivity index (χ1n) is 8.69. The van der Waals surface area contributed by atoms with Crippen LogP contribution in [0, 0.1) is 13.8 Å². The summed E-state index contributed by atoms with van der Waals surface area (Å²) < 4.78 is 30.6. The Morgan fingerprint density at radius 3 is 2.33 bits per heavy atom. The van der Waals surface area contributed by atoms with Gasteiger partial charge >= 0.3 is 0 Å². The van der Waals surface area contributed by atoms with Gasteiger partial charge < -0.3 is 10.1 Å². The van der Waals surface area contributed by atoms with Gasteiger partial charge in [0, 0.05) is 18.7 Å². The summed E-state index contributed by atoms with van der Waals surface area (Å²) in [7, 11) is -1.89. The molecule has 1 N–H and O–H groups in total. The van der Waals surface area contributed by atoms with Gasteiger partial charge in [-0.2, -0.15) is 0 Å². The summed E-state index contributed by atoms with van der Waals surface area (Å²) in [5, 5.41) is 2.88. The van der Waals surface area contributed by atoms with Gasteiger partial charge in [0.2, 0.25) is 15.9 Å². The van der Waals surface area contributed by atoms with Crippen molar-refractivity contribution in [2.45, 2.75) is 26.7 Å². The monoisotopic (exact) mass is 390 g/mol. The molecule has 0 radical (unpaired) electrons. The minimum atomic E-state index is -3.45. The average molecular weight is 391 g/mol. The molecule has 7 heteroatoms. The largest absolute Gasteiger partial charge is 0.497 e. The second-order valence-electron chi connectivity index (χ2n) is 6.50. The van der Waals surface area contributed by atoms with Crippen molar-refractivity contribution in [2.75, 3.05) is 29.5 Å². The van der Waals surface area contributed by atoms with Gasteiger partial charge in [-0.15, -0.1) is 0 Å². The number of amides is 1. The molecular weight excluding hydrogens is 364 g/mol. The van der Waals surface area contributed by atoms with Crippen molar-refractivity contribution in [3.05, 3.63) is 53.6 Å². The summed E-state index contributed by atoms with van der Waals surface area (Å²) in [5.41, 5.74) is 3.46.